The normalized spacial score (nSPS) is 10.3. The Kier molecular flexibility index (Phi) is 4.39. The second-order valence-corrected chi connectivity index (χ2v) is 5.41. The smallest absolute Gasteiger partial charge is 0.228 e. The summed E-state index contributed by atoms with van der Waals surface area (Å²) in [6.45, 7) is 1.81. The maximum atomic E-state index is 13.5. The van der Waals surface area contributed by atoms with Gasteiger partial charge in [0.1, 0.15) is 5.82 Å². The lowest BCUT2D eigenvalue weighted by atomic mass is 10.1. The lowest BCUT2D eigenvalue weighted by Crippen LogP contribution is -2.15. The topological polar surface area (TPSA) is 55.1 Å². The average molecular weight is 337 g/mol. The predicted octanol–water partition coefficient (Wildman–Crippen LogP) is 3.66. The van der Waals surface area contributed by atoms with Crippen molar-refractivity contribution >= 4 is 33.2 Å². The summed E-state index contributed by atoms with van der Waals surface area (Å²) < 4.78 is 13.9. The number of hydrogen-bond acceptors (Lipinski definition) is 2. The molecule has 0 unspecified atom stereocenters. The van der Waals surface area contributed by atoms with E-state index in [1.54, 1.807) is 31.2 Å². The van der Waals surface area contributed by atoms with Crippen molar-refractivity contribution in [2.75, 3.05) is 11.1 Å². The Bertz CT molecular complexity index is 658. The van der Waals surface area contributed by atoms with Crippen molar-refractivity contribution in [1.29, 1.82) is 0 Å². The van der Waals surface area contributed by atoms with E-state index in [9.17, 15) is 9.18 Å². The Balaban J connectivity index is 2.10. The fourth-order valence-corrected chi connectivity index (χ4v) is 2.32. The maximum Gasteiger partial charge on any atom is 0.228 e. The van der Waals surface area contributed by atoms with Crippen molar-refractivity contribution in [2.45, 2.75) is 13.3 Å². The monoisotopic (exact) mass is 336 g/mol. The molecule has 0 aliphatic heterocycles. The number of amides is 1. The van der Waals surface area contributed by atoms with Crippen LogP contribution in [-0.4, -0.2) is 5.91 Å². The van der Waals surface area contributed by atoms with Gasteiger partial charge in [-0.25, -0.2) is 4.39 Å². The van der Waals surface area contributed by atoms with Crippen molar-refractivity contribution in [3.63, 3.8) is 0 Å². The highest BCUT2D eigenvalue weighted by Gasteiger charge is 2.09. The second kappa shape index (κ2) is 6.05. The van der Waals surface area contributed by atoms with Crippen LogP contribution in [0.3, 0.4) is 0 Å². The van der Waals surface area contributed by atoms with Gasteiger partial charge in [-0.3, -0.25) is 4.79 Å². The first kappa shape index (κ1) is 14.5. The molecule has 0 atom stereocenters. The first-order chi connectivity index (χ1) is 9.45. The first-order valence-electron chi connectivity index (χ1n) is 6.05. The van der Waals surface area contributed by atoms with Crippen LogP contribution in [-0.2, 0) is 11.2 Å². The number of carbonyl (C=O) groups excluding carboxylic acids is 1. The van der Waals surface area contributed by atoms with Crippen LogP contribution in [0.25, 0.3) is 0 Å². The molecule has 0 bridgehead atoms. The van der Waals surface area contributed by atoms with Crippen LogP contribution in [0.2, 0.25) is 0 Å². The van der Waals surface area contributed by atoms with Gasteiger partial charge in [-0.2, -0.15) is 0 Å². The fraction of sp³-hybridized carbons (Fsp3) is 0.133. The number of nitrogens with two attached hydrogens (primary N) is 1. The molecule has 0 radical (unpaired) electrons. The average Bonchev–Trinajstić information content (AvgIpc) is 2.36. The summed E-state index contributed by atoms with van der Waals surface area (Å²) in [4.78, 5) is 12.0. The molecule has 2 aromatic rings. The van der Waals surface area contributed by atoms with Crippen LogP contribution in [0, 0.1) is 12.7 Å². The largest absolute Gasteiger partial charge is 0.399 e. The molecule has 0 aromatic heterocycles. The number of aryl methyl sites for hydroxylation is 1. The molecule has 1 amide bonds. The zero-order valence-electron chi connectivity index (χ0n) is 10.9. The van der Waals surface area contributed by atoms with Crippen LogP contribution in [0.4, 0.5) is 15.8 Å². The summed E-state index contributed by atoms with van der Waals surface area (Å²) in [6, 6.07) is 10.1. The standard InChI is InChI=1S/C15H14BrFN2O/c1-9-5-12(16)13(17)8-14(9)19-15(20)7-10-3-2-4-11(18)6-10/h2-6,8H,7,18H2,1H3,(H,19,20). The van der Waals surface area contributed by atoms with Crippen molar-refractivity contribution in [2.24, 2.45) is 0 Å². The predicted molar refractivity (Wildman–Crippen MR) is 82.0 cm³/mol. The van der Waals surface area contributed by atoms with E-state index in [4.69, 9.17) is 5.73 Å². The number of anilines is 2. The fourth-order valence-electron chi connectivity index (χ4n) is 1.86. The van der Waals surface area contributed by atoms with Gasteiger partial charge in [-0.1, -0.05) is 12.1 Å². The van der Waals surface area contributed by atoms with Gasteiger partial charge in [0, 0.05) is 11.4 Å². The maximum absolute atomic E-state index is 13.5. The molecule has 0 fully saturated rings. The van der Waals surface area contributed by atoms with Gasteiger partial charge < -0.3 is 11.1 Å². The van der Waals surface area contributed by atoms with E-state index in [2.05, 4.69) is 21.2 Å². The van der Waals surface area contributed by atoms with E-state index >= 15 is 0 Å². The minimum Gasteiger partial charge on any atom is -0.399 e. The molecule has 20 heavy (non-hydrogen) atoms. The third-order valence-corrected chi connectivity index (χ3v) is 3.46. The van der Waals surface area contributed by atoms with Gasteiger partial charge >= 0.3 is 0 Å². The number of rotatable bonds is 3. The SMILES string of the molecule is Cc1cc(Br)c(F)cc1NC(=O)Cc1cccc(N)c1. The Morgan fingerprint density at radius 2 is 2.10 bits per heavy atom. The summed E-state index contributed by atoms with van der Waals surface area (Å²) in [7, 11) is 0. The molecular weight excluding hydrogens is 323 g/mol. The molecule has 104 valence electrons. The van der Waals surface area contributed by atoms with E-state index < -0.39 is 5.82 Å². The number of benzene rings is 2. The minimum absolute atomic E-state index is 0.197. The van der Waals surface area contributed by atoms with Crippen molar-refractivity contribution in [3.05, 3.63) is 57.8 Å². The minimum atomic E-state index is -0.408. The lowest BCUT2D eigenvalue weighted by molar-refractivity contribution is -0.115. The zero-order chi connectivity index (χ0) is 14.7. The van der Waals surface area contributed by atoms with Crippen LogP contribution in [0.1, 0.15) is 11.1 Å². The summed E-state index contributed by atoms with van der Waals surface area (Å²) >= 11 is 3.11. The molecule has 0 heterocycles. The number of hydrogen-bond donors (Lipinski definition) is 2. The Labute approximate surface area is 125 Å². The molecule has 0 aliphatic carbocycles. The van der Waals surface area contributed by atoms with Crippen molar-refractivity contribution in [1.82, 2.24) is 0 Å². The molecule has 3 nitrogen and oxygen atoms in total. The van der Waals surface area contributed by atoms with E-state index in [-0.39, 0.29) is 12.3 Å². The molecule has 0 saturated carbocycles. The van der Waals surface area contributed by atoms with E-state index in [1.165, 1.54) is 6.07 Å². The molecule has 0 spiro atoms. The van der Waals surface area contributed by atoms with Gasteiger partial charge in [0.15, 0.2) is 0 Å². The quantitative estimate of drug-likeness (QED) is 0.840. The first-order valence-corrected chi connectivity index (χ1v) is 6.85. The summed E-state index contributed by atoms with van der Waals surface area (Å²) in [5, 5.41) is 2.71. The van der Waals surface area contributed by atoms with Crippen LogP contribution >= 0.6 is 15.9 Å². The van der Waals surface area contributed by atoms with E-state index in [1.807, 2.05) is 6.07 Å². The highest BCUT2D eigenvalue weighted by atomic mass is 79.9. The number of nitrogens with one attached hydrogen (secondary N) is 1. The van der Waals surface area contributed by atoms with Crippen molar-refractivity contribution < 1.29 is 9.18 Å². The second-order valence-electron chi connectivity index (χ2n) is 4.55. The third kappa shape index (κ3) is 3.57. The van der Waals surface area contributed by atoms with E-state index in [0.29, 0.717) is 15.8 Å². The highest BCUT2D eigenvalue weighted by molar-refractivity contribution is 9.10. The van der Waals surface area contributed by atoms with E-state index in [0.717, 1.165) is 11.1 Å². The zero-order valence-corrected chi connectivity index (χ0v) is 12.5. The summed E-state index contributed by atoms with van der Waals surface area (Å²) in [5.41, 5.74) is 8.35. The molecule has 0 saturated heterocycles. The van der Waals surface area contributed by atoms with Gasteiger partial charge in [0.2, 0.25) is 5.91 Å². The van der Waals surface area contributed by atoms with Crippen LogP contribution in [0.5, 0.6) is 0 Å². The van der Waals surface area contributed by atoms with Gasteiger partial charge in [-0.05, 0) is 58.2 Å². The molecule has 2 rings (SSSR count). The number of halogens is 2. The summed E-state index contributed by atoms with van der Waals surface area (Å²) in [6.07, 6.45) is 0.197. The highest BCUT2D eigenvalue weighted by Crippen LogP contribution is 2.24. The molecule has 3 N–H and O–H groups in total. The molecule has 2 aromatic carbocycles. The van der Waals surface area contributed by atoms with Gasteiger partial charge in [0.25, 0.3) is 0 Å². The number of carbonyl (C=O) groups is 1. The summed E-state index contributed by atoms with van der Waals surface area (Å²) in [5.74, 6) is -0.615. The molecular formula is C15H14BrFN2O. The lowest BCUT2D eigenvalue weighted by Gasteiger charge is -2.10. The molecule has 5 heteroatoms. The van der Waals surface area contributed by atoms with Crippen LogP contribution < -0.4 is 11.1 Å². The van der Waals surface area contributed by atoms with Crippen LogP contribution in [0.15, 0.2) is 40.9 Å². The third-order valence-electron chi connectivity index (χ3n) is 2.86. The Morgan fingerprint density at radius 3 is 2.80 bits per heavy atom. The molecule has 0 aliphatic rings. The number of nitrogen functional groups attached to an aromatic ring is 1. The van der Waals surface area contributed by atoms with Gasteiger partial charge in [0.05, 0.1) is 10.9 Å². The van der Waals surface area contributed by atoms with Gasteiger partial charge in [-0.15, -0.1) is 0 Å². The Morgan fingerprint density at radius 1 is 1.35 bits per heavy atom. The van der Waals surface area contributed by atoms with Crippen molar-refractivity contribution in [3.8, 4) is 0 Å². The Hall–Kier alpha value is -1.88.